The van der Waals surface area contributed by atoms with E-state index in [9.17, 15) is 9.90 Å². The Morgan fingerprint density at radius 1 is 1.52 bits per heavy atom. The topological polar surface area (TPSA) is 107 Å². The number of pyridine rings is 1. The lowest BCUT2D eigenvalue weighted by molar-refractivity contribution is -0.142. The van der Waals surface area contributed by atoms with Gasteiger partial charge in [0.25, 0.3) is 0 Å². The normalized spacial score (nSPS) is 13.7. The molecule has 0 aliphatic rings. The highest BCUT2D eigenvalue weighted by Crippen LogP contribution is 2.26. The number of carbonyl (C=O) groups is 1. The van der Waals surface area contributed by atoms with Gasteiger partial charge in [0.1, 0.15) is 23.8 Å². The Kier molecular flexibility index (Phi) is 8.25. The minimum Gasteiger partial charge on any atom is -0.474 e. The molecule has 4 N–H and O–H groups in total. The van der Waals surface area contributed by atoms with Crippen LogP contribution in [0.4, 0.5) is 0 Å². The van der Waals surface area contributed by atoms with Gasteiger partial charge in [-0.2, -0.15) is 0 Å². The number of nitrogens with zero attached hydrogens (tertiary/aromatic N) is 1. The zero-order chi connectivity index (χ0) is 17.4. The number of ether oxygens (including phenoxy) is 2. The molecule has 0 saturated heterocycles. The predicted octanol–water partition coefficient (Wildman–Crippen LogP) is 0.515. The first-order valence-electron chi connectivity index (χ1n) is 7.36. The summed E-state index contributed by atoms with van der Waals surface area (Å²) in [6, 6.07) is 1.12. The van der Waals surface area contributed by atoms with Gasteiger partial charge in [0.15, 0.2) is 0 Å². The Hall–Kier alpha value is -1.41. The van der Waals surface area contributed by atoms with Crippen LogP contribution in [0.1, 0.15) is 19.4 Å². The van der Waals surface area contributed by atoms with Crippen molar-refractivity contribution in [3.05, 3.63) is 22.8 Å². The van der Waals surface area contributed by atoms with Gasteiger partial charge in [-0.15, -0.1) is 0 Å². The van der Waals surface area contributed by atoms with Crippen LogP contribution in [0.25, 0.3) is 0 Å². The molecule has 0 fully saturated rings. The second-order valence-corrected chi connectivity index (χ2v) is 5.83. The number of hydrogen-bond acceptors (Lipinski definition) is 7. The highest BCUT2D eigenvalue weighted by Gasteiger charge is 2.18. The second kappa shape index (κ2) is 9.67. The first-order valence-corrected chi connectivity index (χ1v) is 7.74. The van der Waals surface area contributed by atoms with Crippen molar-refractivity contribution in [2.45, 2.75) is 38.5 Å². The Morgan fingerprint density at radius 3 is 2.83 bits per heavy atom. The molecule has 0 radical (unpaired) electrons. The van der Waals surface area contributed by atoms with Crippen molar-refractivity contribution >= 4 is 17.6 Å². The maximum atomic E-state index is 11.4. The molecule has 23 heavy (non-hydrogen) atoms. The van der Waals surface area contributed by atoms with E-state index in [1.165, 1.54) is 13.3 Å². The van der Waals surface area contributed by atoms with E-state index in [1.54, 1.807) is 6.07 Å². The first kappa shape index (κ1) is 19.6. The van der Waals surface area contributed by atoms with Gasteiger partial charge in [-0.3, -0.25) is 4.79 Å². The minimum atomic E-state index is -0.811. The summed E-state index contributed by atoms with van der Waals surface area (Å²) in [6.07, 6.45) is 1.04. The summed E-state index contributed by atoms with van der Waals surface area (Å²) in [5.74, 6) is -0.319. The molecule has 8 heteroatoms. The number of hydrogen-bond donors (Lipinski definition) is 3. The monoisotopic (exact) mass is 345 g/mol. The van der Waals surface area contributed by atoms with Crippen LogP contribution in [0.5, 0.6) is 5.88 Å². The van der Waals surface area contributed by atoms with Gasteiger partial charge in [-0.25, -0.2) is 4.98 Å². The Labute approximate surface area is 141 Å². The van der Waals surface area contributed by atoms with E-state index in [4.69, 9.17) is 22.1 Å². The van der Waals surface area contributed by atoms with Gasteiger partial charge < -0.3 is 25.6 Å². The maximum Gasteiger partial charge on any atom is 0.322 e. The highest BCUT2D eigenvalue weighted by molar-refractivity contribution is 6.32. The molecule has 0 spiro atoms. The van der Waals surface area contributed by atoms with Gasteiger partial charge >= 0.3 is 5.97 Å². The Bertz CT molecular complexity index is 513. The third kappa shape index (κ3) is 6.70. The van der Waals surface area contributed by atoms with E-state index in [0.717, 1.165) is 0 Å². The molecular weight excluding hydrogens is 322 g/mol. The lowest BCUT2D eigenvalue weighted by Crippen LogP contribution is -2.35. The summed E-state index contributed by atoms with van der Waals surface area (Å²) in [5.41, 5.74) is 6.36. The average molecular weight is 346 g/mol. The lowest BCUT2D eigenvalue weighted by atomic mass is 10.1. The zero-order valence-corrected chi connectivity index (χ0v) is 14.3. The highest BCUT2D eigenvalue weighted by atomic mass is 35.5. The molecule has 0 aliphatic heterocycles. The molecule has 2 atom stereocenters. The second-order valence-electron chi connectivity index (χ2n) is 5.45. The van der Waals surface area contributed by atoms with Crippen molar-refractivity contribution < 1.29 is 19.4 Å². The molecule has 0 amide bonds. The molecule has 0 bridgehead atoms. The molecule has 0 aliphatic carbocycles. The quantitative estimate of drug-likeness (QED) is 0.560. The summed E-state index contributed by atoms with van der Waals surface area (Å²) < 4.78 is 10.0. The minimum absolute atomic E-state index is 0.0545. The van der Waals surface area contributed by atoms with Gasteiger partial charge in [-0.05, 0) is 18.1 Å². The van der Waals surface area contributed by atoms with Crippen LogP contribution in [-0.2, 0) is 16.0 Å². The predicted molar refractivity (Wildman–Crippen MR) is 87.6 cm³/mol. The van der Waals surface area contributed by atoms with E-state index >= 15 is 0 Å². The molecule has 1 aromatic rings. The molecule has 7 nitrogen and oxygen atoms in total. The molecule has 1 rings (SSSR count). The van der Waals surface area contributed by atoms with Crippen LogP contribution < -0.4 is 15.8 Å². The van der Waals surface area contributed by atoms with Crippen LogP contribution >= 0.6 is 11.6 Å². The van der Waals surface area contributed by atoms with Crippen molar-refractivity contribution in [1.82, 2.24) is 10.3 Å². The van der Waals surface area contributed by atoms with Crippen molar-refractivity contribution in [2.75, 3.05) is 20.3 Å². The van der Waals surface area contributed by atoms with Crippen LogP contribution in [0.15, 0.2) is 12.3 Å². The average Bonchev–Trinajstić information content (AvgIpc) is 2.52. The zero-order valence-electron chi connectivity index (χ0n) is 13.6. The number of nitrogens with two attached hydrogens (primary N) is 1. The molecular formula is C15H24ClN3O4. The lowest BCUT2D eigenvalue weighted by Gasteiger charge is -2.16. The van der Waals surface area contributed by atoms with Crippen molar-refractivity contribution in [3.63, 3.8) is 0 Å². The smallest absolute Gasteiger partial charge is 0.322 e. The van der Waals surface area contributed by atoms with Crippen LogP contribution in [0.2, 0.25) is 5.02 Å². The van der Waals surface area contributed by atoms with Crippen molar-refractivity contribution in [1.29, 1.82) is 0 Å². The summed E-state index contributed by atoms with van der Waals surface area (Å²) in [4.78, 5) is 15.4. The molecule has 130 valence electrons. The fourth-order valence-electron chi connectivity index (χ4n) is 1.80. The number of methoxy groups -OCH3 is 1. The molecule has 1 heterocycles. The van der Waals surface area contributed by atoms with Gasteiger partial charge in [0.05, 0.1) is 7.11 Å². The number of nitrogens with one attached hydrogen (secondary N) is 1. The molecule has 0 aromatic carbocycles. The number of aliphatic hydroxyl groups excluding tert-OH is 1. The van der Waals surface area contributed by atoms with E-state index in [2.05, 4.69) is 15.0 Å². The van der Waals surface area contributed by atoms with Crippen molar-refractivity contribution in [2.24, 2.45) is 5.73 Å². The number of carbonyl (C=O) groups excluding carboxylic acids is 1. The third-order valence-electron chi connectivity index (χ3n) is 3.06. The largest absolute Gasteiger partial charge is 0.474 e. The fourth-order valence-corrected chi connectivity index (χ4v) is 2.04. The fraction of sp³-hybridized carbons (Fsp3) is 0.600. The number of aliphatic hydroxyl groups is 1. The Morgan fingerprint density at radius 2 is 2.22 bits per heavy atom. The summed E-state index contributed by atoms with van der Waals surface area (Å²) in [6.45, 7) is 4.43. The van der Waals surface area contributed by atoms with Crippen LogP contribution in [0.3, 0.4) is 0 Å². The van der Waals surface area contributed by atoms with E-state index in [0.29, 0.717) is 12.1 Å². The van der Waals surface area contributed by atoms with Gasteiger partial charge in [0, 0.05) is 18.8 Å². The number of esters is 1. The summed E-state index contributed by atoms with van der Waals surface area (Å²) in [7, 11) is 1.28. The summed E-state index contributed by atoms with van der Waals surface area (Å²) in [5, 5.41) is 13.2. The number of aromatic nitrogens is 1. The van der Waals surface area contributed by atoms with E-state index in [1.807, 2.05) is 13.8 Å². The first-order chi connectivity index (χ1) is 10.8. The molecule has 2 unspecified atom stereocenters. The van der Waals surface area contributed by atoms with Gasteiger partial charge in [0.2, 0.25) is 5.88 Å². The van der Waals surface area contributed by atoms with Crippen molar-refractivity contribution in [3.8, 4) is 5.88 Å². The van der Waals surface area contributed by atoms with Crippen LogP contribution in [0, 0.1) is 0 Å². The van der Waals surface area contributed by atoms with Crippen LogP contribution in [-0.4, -0.2) is 54.5 Å². The standard InChI is InChI=1S/C15H24ClN3O4/c1-9(2)19-7-11(20)8-23-14-13(16)10(4-5-18-14)6-12(17)15(21)22-3/h4-5,9,11-12,19-20H,6-8,17H2,1-3H3. The third-order valence-corrected chi connectivity index (χ3v) is 3.46. The Balaban J connectivity index is 2.64. The van der Waals surface area contributed by atoms with E-state index < -0.39 is 18.1 Å². The van der Waals surface area contributed by atoms with Gasteiger partial charge in [-0.1, -0.05) is 25.4 Å². The van der Waals surface area contributed by atoms with E-state index in [-0.39, 0.29) is 30.0 Å². The SMILES string of the molecule is COC(=O)C(N)Cc1ccnc(OCC(O)CNC(C)C)c1Cl. The number of rotatable bonds is 9. The molecule has 1 aromatic heterocycles. The summed E-state index contributed by atoms with van der Waals surface area (Å²) >= 11 is 6.22. The molecule has 0 saturated carbocycles. The maximum absolute atomic E-state index is 11.4. The number of halogens is 1.